The fourth-order valence-corrected chi connectivity index (χ4v) is 3.49. The second-order valence-corrected chi connectivity index (χ2v) is 6.55. The Bertz CT molecular complexity index is 641. The van der Waals surface area contributed by atoms with Gasteiger partial charge in [-0.1, -0.05) is 38.0 Å². The van der Waals surface area contributed by atoms with Gasteiger partial charge in [-0.25, -0.2) is 0 Å². The van der Waals surface area contributed by atoms with Crippen LogP contribution < -0.4 is 5.32 Å². The molecule has 3 rings (SSSR count). The zero-order valence-corrected chi connectivity index (χ0v) is 13.4. The fourth-order valence-electron chi connectivity index (χ4n) is 3.49. The number of rotatable bonds is 3. The second kappa shape index (κ2) is 6.52. The van der Waals surface area contributed by atoms with E-state index in [-0.39, 0.29) is 36.7 Å². The zero-order valence-electron chi connectivity index (χ0n) is 13.4. The maximum atomic E-state index is 12.4. The van der Waals surface area contributed by atoms with Gasteiger partial charge in [-0.05, 0) is 30.4 Å². The lowest BCUT2D eigenvalue weighted by Gasteiger charge is -2.31. The Morgan fingerprint density at radius 1 is 1.22 bits per heavy atom. The van der Waals surface area contributed by atoms with Gasteiger partial charge in [0.2, 0.25) is 11.8 Å². The largest absolute Gasteiger partial charge is 0.352 e. The summed E-state index contributed by atoms with van der Waals surface area (Å²) in [5.74, 6) is -0.477. The first-order valence-corrected chi connectivity index (χ1v) is 8.28. The van der Waals surface area contributed by atoms with Crippen molar-refractivity contribution in [2.75, 3.05) is 6.54 Å². The molecule has 1 N–H and O–H groups in total. The summed E-state index contributed by atoms with van der Waals surface area (Å²) in [5.41, 5.74) is 1.26. The molecular weight excluding hydrogens is 292 g/mol. The van der Waals surface area contributed by atoms with Crippen molar-refractivity contribution in [3.8, 4) is 0 Å². The molecule has 3 amide bonds. The minimum absolute atomic E-state index is 0.151. The molecule has 0 bridgehead atoms. The topological polar surface area (TPSA) is 66.5 Å². The molecule has 2 aliphatic rings. The van der Waals surface area contributed by atoms with Crippen LogP contribution in [0.15, 0.2) is 24.3 Å². The molecule has 1 heterocycles. The minimum Gasteiger partial charge on any atom is -0.352 e. The lowest BCUT2D eigenvalue weighted by atomic mass is 9.86. The molecule has 5 heteroatoms. The monoisotopic (exact) mass is 314 g/mol. The van der Waals surface area contributed by atoms with Gasteiger partial charge < -0.3 is 5.32 Å². The summed E-state index contributed by atoms with van der Waals surface area (Å²) in [5, 5.41) is 3.00. The lowest BCUT2D eigenvalue weighted by molar-refractivity contribution is -0.133. The Hall–Kier alpha value is -2.17. The maximum Gasteiger partial charge on any atom is 0.261 e. The summed E-state index contributed by atoms with van der Waals surface area (Å²) in [6.45, 7) is 1.95. The van der Waals surface area contributed by atoms with Gasteiger partial charge in [-0.3, -0.25) is 19.3 Å². The van der Waals surface area contributed by atoms with E-state index in [1.54, 1.807) is 18.2 Å². The smallest absolute Gasteiger partial charge is 0.261 e. The summed E-state index contributed by atoms with van der Waals surface area (Å²) >= 11 is 0. The Morgan fingerprint density at radius 2 is 1.96 bits per heavy atom. The van der Waals surface area contributed by atoms with Crippen LogP contribution in [0, 0.1) is 5.92 Å². The molecule has 1 fully saturated rings. The molecule has 122 valence electrons. The van der Waals surface area contributed by atoms with Gasteiger partial charge in [0, 0.05) is 11.6 Å². The van der Waals surface area contributed by atoms with Crippen molar-refractivity contribution in [3.63, 3.8) is 0 Å². The number of hydrogen-bond acceptors (Lipinski definition) is 3. The van der Waals surface area contributed by atoms with Crippen LogP contribution >= 0.6 is 0 Å². The van der Waals surface area contributed by atoms with Gasteiger partial charge in [0.25, 0.3) is 5.91 Å². The third kappa shape index (κ3) is 3.28. The van der Waals surface area contributed by atoms with Crippen LogP contribution in [-0.4, -0.2) is 35.2 Å². The van der Waals surface area contributed by atoms with Crippen molar-refractivity contribution in [2.45, 2.75) is 45.1 Å². The summed E-state index contributed by atoms with van der Waals surface area (Å²) < 4.78 is 0. The molecule has 0 unspecified atom stereocenters. The number of imide groups is 1. The predicted octanol–water partition coefficient (Wildman–Crippen LogP) is 1.91. The Balaban J connectivity index is 1.66. The number of carbonyl (C=O) groups excluding carboxylic acids is 3. The normalized spacial score (nSPS) is 24.3. The SMILES string of the molecule is C[C@H]1CCCC[C@@H]1NC(=O)CN1C(=O)Cc2ccccc2C1=O. The molecule has 1 aliphatic heterocycles. The molecule has 1 aliphatic carbocycles. The van der Waals surface area contributed by atoms with E-state index in [2.05, 4.69) is 12.2 Å². The summed E-state index contributed by atoms with van der Waals surface area (Å²) in [4.78, 5) is 38.0. The minimum atomic E-state index is -0.372. The van der Waals surface area contributed by atoms with Crippen LogP contribution in [0.5, 0.6) is 0 Å². The number of nitrogens with one attached hydrogen (secondary N) is 1. The van der Waals surface area contributed by atoms with E-state index >= 15 is 0 Å². The van der Waals surface area contributed by atoms with Crippen molar-refractivity contribution in [2.24, 2.45) is 5.92 Å². The third-order valence-corrected chi connectivity index (χ3v) is 4.90. The predicted molar refractivity (Wildman–Crippen MR) is 85.8 cm³/mol. The summed E-state index contributed by atoms with van der Waals surface area (Å²) in [6.07, 6.45) is 4.57. The van der Waals surface area contributed by atoms with E-state index in [0.29, 0.717) is 11.5 Å². The number of hydrogen-bond donors (Lipinski definition) is 1. The van der Waals surface area contributed by atoms with Gasteiger partial charge in [0.1, 0.15) is 6.54 Å². The Morgan fingerprint density at radius 3 is 2.74 bits per heavy atom. The van der Waals surface area contributed by atoms with Crippen molar-refractivity contribution in [1.29, 1.82) is 0 Å². The molecular formula is C18H22N2O3. The van der Waals surface area contributed by atoms with Crippen molar-refractivity contribution < 1.29 is 14.4 Å². The number of benzene rings is 1. The van der Waals surface area contributed by atoms with Crippen molar-refractivity contribution >= 4 is 17.7 Å². The van der Waals surface area contributed by atoms with Gasteiger partial charge in [-0.2, -0.15) is 0 Å². The maximum absolute atomic E-state index is 12.4. The number of carbonyl (C=O) groups is 3. The average molecular weight is 314 g/mol. The molecule has 0 saturated heterocycles. The van der Waals surface area contributed by atoms with Crippen LogP contribution in [0.3, 0.4) is 0 Å². The Kier molecular flexibility index (Phi) is 4.46. The first kappa shape index (κ1) is 15.7. The standard InChI is InChI=1S/C18H22N2O3/c1-12-6-2-5-9-15(12)19-16(21)11-20-17(22)10-13-7-3-4-8-14(13)18(20)23/h3-4,7-8,12,15H,2,5-6,9-11H2,1H3,(H,19,21)/t12-,15-/m0/s1. The van der Waals surface area contributed by atoms with Crippen molar-refractivity contribution in [3.05, 3.63) is 35.4 Å². The van der Waals surface area contributed by atoms with Gasteiger partial charge >= 0.3 is 0 Å². The average Bonchev–Trinajstić information content (AvgIpc) is 2.54. The molecule has 1 aromatic carbocycles. The van der Waals surface area contributed by atoms with Crippen LogP contribution in [0.1, 0.15) is 48.5 Å². The quantitative estimate of drug-likeness (QED) is 0.867. The van der Waals surface area contributed by atoms with E-state index < -0.39 is 0 Å². The first-order valence-electron chi connectivity index (χ1n) is 8.28. The molecule has 1 saturated carbocycles. The summed E-state index contributed by atoms with van der Waals surface area (Å²) in [6, 6.07) is 7.23. The molecule has 2 atom stereocenters. The van der Waals surface area contributed by atoms with Gasteiger partial charge in [0.15, 0.2) is 0 Å². The lowest BCUT2D eigenvalue weighted by Crippen LogP contribution is -2.50. The number of amides is 3. The number of nitrogens with zero attached hydrogens (tertiary/aromatic N) is 1. The van der Waals surface area contributed by atoms with Gasteiger partial charge in [0.05, 0.1) is 6.42 Å². The highest BCUT2D eigenvalue weighted by molar-refractivity contribution is 6.11. The van der Waals surface area contributed by atoms with E-state index in [4.69, 9.17) is 0 Å². The van der Waals surface area contributed by atoms with Crippen LogP contribution in [0.4, 0.5) is 0 Å². The molecule has 1 aromatic rings. The molecule has 0 spiro atoms. The van der Waals surface area contributed by atoms with E-state index in [1.165, 1.54) is 6.42 Å². The zero-order chi connectivity index (χ0) is 16.4. The third-order valence-electron chi connectivity index (χ3n) is 4.90. The van der Waals surface area contributed by atoms with Crippen LogP contribution in [0.2, 0.25) is 0 Å². The highest BCUT2D eigenvalue weighted by atomic mass is 16.2. The Labute approximate surface area is 136 Å². The molecule has 0 aromatic heterocycles. The van der Waals surface area contributed by atoms with E-state index in [9.17, 15) is 14.4 Å². The highest BCUT2D eigenvalue weighted by Gasteiger charge is 2.32. The summed E-state index contributed by atoms with van der Waals surface area (Å²) in [7, 11) is 0. The van der Waals surface area contributed by atoms with Crippen LogP contribution in [0.25, 0.3) is 0 Å². The number of fused-ring (bicyclic) bond motifs is 1. The fraction of sp³-hybridized carbons (Fsp3) is 0.500. The molecule has 5 nitrogen and oxygen atoms in total. The van der Waals surface area contributed by atoms with E-state index in [0.717, 1.165) is 29.7 Å². The van der Waals surface area contributed by atoms with Crippen molar-refractivity contribution in [1.82, 2.24) is 10.2 Å². The second-order valence-electron chi connectivity index (χ2n) is 6.55. The molecule has 0 radical (unpaired) electrons. The highest BCUT2D eigenvalue weighted by Crippen LogP contribution is 2.24. The van der Waals surface area contributed by atoms with Gasteiger partial charge in [-0.15, -0.1) is 0 Å². The molecule has 23 heavy (non-hydrogen) atoms. The van der Waals surface area contributed by atoms with Crippen LogP contribution in [-0.2, 0) is 16.0 Å². The first-order chi connectivity index (χ1) is 11.1. The van der Waals surface area contributed by atoms with E-state index in [1.807, 2.05) is 6.07 Å².